The van der Waals surface area contributed by atoms with Crippen LogP contribution in [0.4, 0.5) is 0 Å². The molecule has 0 fully saturated rings. The number of guanidine groups is 6. The van der Waals surface area contributed by atoms with Gasteiger partial charge in [0.1, 0.15) is 0 Å². The molecule has 0 aliphatic carbocycles. The monoisotopic (exact) mass is 803 g/mol. The van der Waals surface area contributed by atoms with Crippen molar-refractivity contribution in [2.24, 2.45) is 37.4 Å². The highest BCUT2D eigenvalue weighted by atomic mass is 31.2. The first-order chi connectivity index (χ1) is 24.1. The zero-order valence-electron chi connectivity index (χ0n) is 37.3. The van der Waals surface area contributed by atoms with E-state index >= 15 is 0 Å². The van der Waals surface area contributed by atoms with Crippen LogP contribution in [0.3, 0.4) is 0 Å². The van der Waals surface area contributed by atoms with Crippen molar-refractivity contribution in [3.8, 4) is 0 Å². The number of hydrogen-bond acceptors (Lipinski definition) is 2. The second-order valence-electron chi connectivity index (χ2n) is 14.5. The van der Waals surface area contributed by atoms with Crippen molar-refractivity contribution in [1.82, 2.24) is 58.8 Å². The molecule has 53 heavy (non-hydrogen) atoms. The largest absolute Gasteiger partial charge is 0.382 e. The molecule has 0 aromatic carbocycles. The zero-order valence-corrected chi connectivity index (χ0v) is 40.1. The second-order valence-corrected chi connectivity index (χ2v) is 19.7. The van der Waals surface area contributed by atoms with E-state index < -0.39 is 24.9 Å². The van der Waals surface area contributed by atoms with Crippen molar-refractivity contribution in [3.63, 3.8) is 0 Å². The van der Waals surface area contributed by atoms with E-state index in [4.69, 9.17) is 37.4 Å². The molecule has 23 heteroatoms. The summed E-state index contributed by atoms with van der Waals surface area (Å²) in [6.45, 7) is 0. The first-order valence-corrected chi connectivity index (χ1v) is 20.9. The Kier molecular flexibility index (Phi) is 19.8. The summed E-state index contributed by atoms with van der Waals surface area (Å²) in [6.07, 6.45) is 0. The van der Waals surface area contributed by atoms with Crippen LogP contribution in [0.5, 0.6) is 0 Å². The van der Waals surface area contributed by atoms with Gasteiger partial charge >= 0.3 is 24.9 Å². The Morgan fingerprint density at radius 2 is 0.358 bits per heavy atom. The van der Waals surface area contributed by atoms with Gasteiger partial charge in [0.15, 0.2) is 0 Å². The molecule has 0 N–H and O–H groups in total. The van der Waals surface area contributed by atoms with Crippen LogP contribution in [0.15, 0.2) is 37.4 Å². The highest BCUT2D eigenvalue weighted by Gasteiger charge is 2.29. The molecule has 0 atom stereocenters. The molecule has 0 aliphatic heterocycles. The molecule has 0 amide bonds. The Balaban J connectivity index is 9.48. The fraction of sp³-hybridized carbons (Fsp3) is 0.800. The molecule has 0 aromatic heterocycles. The number of hydrogen-bond donors (Lipinski definition) is 0. The maximum absolute atomic E-state index is 5.33. The van der Waals surface area contributed by atoms with Crippen LogP contribution in [0.1, 0.15) is 0 Å². The van der Waals surface area contributed by atoms with Crippen LogP contribution < -0.4 is 0 Å². The smallest absolute Gasteiger partial charge is 0.349 e. The van der Waals surface area contributed by atoms with Crippen molar-refractivity contribution >= 4 is 60.6 Å². The third-order valence-electron chi connectivity index (χ3n) is 6.50. The summed E-state index contributed by atoms with van der Waals surface area (Å²) >= 11 is 0. The molecule has 0 rings (SSSR count). The van der Waals surface area contributed by atoms with Crippen molar-refractivity contribution < 1.29 is 0 Å². The molecule has 0 saturated carbocycles. The summed E-state index contributed by atoms with van der Waals surface area (Å²) < 4.78 is 42.6. The molecule has 0 saturated heterocycles. The van der Waals surface area contributed by atoms with Crippen LogP contribution >= 0.6 is 15.0 Å². The van der Waals surface area contributed by atoms with Gasteiger partial charge in [-0.3, -0.25) is 8.82 Å². The predicted octanol–water partition coefficient (Wildman–Crippen LogP) is 1.29. The van der Waals surface area contributed by atoms with E-state index in [1.54, 1.807) is 0 Å². The summed E-state index contributed by atoms with van der Waals surface area (Å²) in [5.41, 5.74) is 0. The molecule has 0 bridgehead atoms. The van der Waals surface area contributed by atoms with Crippen molar-refractivity contribution in [3.05, 3.63) is 0 Å². The summed E-state index contributed by atoms with van der Waals surface area (Å²) in [6, 6.07) is 0. The zero-order chi connectivity index (χ0) is 41.8. The van der Waals surface area contributed by atoms with Gasteiger partial charge in [0, 0.05) is 169 Å². The van der Waals surface area contributed by atoms with Crippen LogP contribution in [-0.2, 0) is 0 Å². The topological polar surface area (TPSA) is 138 Å². The van der Waals surface area contributed by atoms with Crippen LogP contribution in [0.25, 0.3) is 0 Å². The van der Waals surface area contributed by atoms with E-state index in [0.717, 1.165) is 0 Å². The Hall–Kier alpha value is -3.70. The molecule has 0 unspecified atom stereocenters. The Labute approximate surface area is 325 Å². The minimum atomic E-state index is -3.42. The average Bonchev–Trinajstić information content (AvgIpc) is 2.99. The minimum absolute atomic E-state index is 0.461. The average molecular weight is 803 g/mol. The van der Waals surface area contributed by atoms with E-state index in [-0.39, 0.29) is 0 Å². The van der Waals surface area contributed by atoms with Crippen LogP contribution in [0, 0.1) is 0 Å². The maximum atomic E-state index is 5.33. The van der Waals surface area contributed by atoms with Gasteiger partial charge in [-0.25, -0.2) is 0 Å². The Bertz CT molecular complexity index is 1140. The van der Waals surface area contributed by atoms with Gasteiger partial charge in [0.25, 0.3) is 0 Å². The van der Waals surface area contributed by atoms with E-state index in [1.807, 2.05) is 228 Å². The third kappa shape index (κ3) is 15.3. The van der Waals surface area contributed by atoms with E-state index in [1.165, 1.54) is 0 Å². The highest BCUT2D eigenvalue weighted by Crippen LogP contribution is 2.58. The quantitative estimate of drug-likeness (QED) is 0.151. The molecule has 2 radical (unpaired) electrons. The van der Waals surface area contributed by atoms with Crippen molar-refractivity contribution in [2.75, 3.05) is 169 Å². The normalized spacial score (nSPS) is 10.7. The highest BCUT2D eigenvalue weighted by molar-refractivity contribution is 7.65. The van der Waals surface area contributed by atoms with Gasteiger partial charge in [-0.05, 0) is 0 Å². The van der Waals surface area contributed by atoms with Crippen LogP contribution in [-0.4, -0.2) is 274 Å². The van der Waals surface area contributed by atoms with Gasteiger partial charge in [-0.1, -0.05) is 0 Å². The molecule has 20 nitrogen and oxygen atoms in total. The molecule has 0 spiro atoms. The third-order valence-corrected chi connectivity index (χ3v) is 12.0. The standard InChI is InChI=1S/C30H72N20P2Si/c1-39(2)25(40(3)4)31-51(32-26(41(5)6)42(7)8,33-27(43(9)10)44(11)12)37-53-38-52(34-28(45(13)14)46(15)16,35-29(47(17)18)48(19)20)36-30(49(21)22)50(23)24/h1-24H3. The fourth-order valence-electron chi connectivity index (χ4n) is 4.60. The van der Waals surface area contributed by atoms with Crippen molar-refractivity contribution in [1.29, 1.82) is 0 Å². The van der Waals surface area contributed by atoms with Gasteiger partial charge in [-0.2, -0.15) is 28.6 Å². The fourth-order valence-corrected chi connectivity index (χ4v) is 11.0. The maximum Gasteiger partial charge on any atom is 0.382 e. The molecule has 306 valence electrons. The first kappa shape index (κ1) is 49.3. The predicted molar refractivity (Wildman–Crippen MR) is 233 cm³/mol. The lowest BCUT2D eigenvalue weighted by atomic mass is 10.7. The lowest BCUT2D eigenvalue weighted by molar-refractivity contribution is 0.482. The van der Waals surface area contributed by atoms with Gasteiger partial charge < -0.3 is 58.8 Å². The van der Waals surface area contributed by atoms with Gasteiger partial charge in [0.2, 0.25) is 35.8 Å². The first-order valence-electron chi connectivity index (χ1n) is 16.8. The molecule has 0 aliphatic rings. The summed E-state index contributed by atoms with van der Waals surface area (Å²) in [7, 11) is 39.3. The molecule has 0 heterocycles. The SMILES string of the molecule is CN(C)C(=NP(N=C(N(C)C)N(C)C)(N=C(N(C)C)N(C)C)=N[Si]N=P(N=C(N(C)C)N(C)C)(N=C(N(C)C)N(C)C)N=C(N(C)C)N(C)C)N(C)C. The lowest BCUT2D eigenvalue weighted by Crippen LogP contribution is -2.37. The summed E-state index contributed by atoms with van der Waals surface area (Å²) in [5, 5.41) is 0. The Morgan fingerprint density at radius 3 is 0.453 bits per heavy atom. The number of rotatable bonds is 8. The van der Waals surface area contributed by atoms with Crippen LogP contribution in [0.2, 0.25) is 0 Å². The molecular weight excluding hydrogens is 731 g/mol. The summed E-state index contributed by atoms with van der Waals surface area (Å²) in [4.78, 5) is 23.2. The minimum Gasteiger partial charge on any atom is -0.349 e. The summed E-state index contributed by atoms with van der Waals surface area (Å²) in [5.74, 6) is 3.89. The van der Waals surface area contributed by atoms with E-state index in [0.29, 0.717) is 35.8 Å². The molecule has 0 aromatic rings. The second kappa shape index (κ2) is 21.3. The van der Waals surface area contributed by atoms with E-state index in [2.05, 4.69) is 0 Å². The molecular formula is C30H72N20P2Si. The number of nitrogens with zero attached hydrogens (tertiary/aromatic N) is 20. The van der Waals surface area contributed by atoms with E-state index in [9.17, 15) is 0 Å². The van der Waals surface area contributed by atoms with Gasteiger partial charge in [0.05, 0.1) is 0 Å². The Morgan fingerprint density at radius 1 is 0.245 bits per heavy atom. The lowest BCUT2D eigenvalue weighted by Gasteiger charge is -2.30. The van der Waals surface area contributed by atoms with Gasteiger partial charge in [-0.15, -0.1) is 0 Å². The van der Waals surface area contributed by atoms with Crippen molar-refractivity contribution in [2.45, 2.75) is 0 Å².